The number of carboxylic acid groups (broad SMARTS) is 2. The average molecular weight is 227 g/mol. The standard InChI is InChI=1S/C10H13NO5/c12-9(13)4-3-8(10(14)15)11-6-7-2-1-5-16-7/h1-2,5,8,11H,3-4,6H2,(H,12,13)(H,14,15)/t8-/m1/s1. The molecule has 6 nitrogen and oxygen atoms in total. The SMILES string of the molecule is O=C(O)CC[C@@H](NCc1ccco1)C(=O)O. The second kappa shape index (κ2) is 5.92. The Morgan fingerprint density at radius 3 is 2.69 bits per heavy atom. The van der Waals surface area contributed by atoms with E-state index in [2.05, 4.69) is 5.32 Å². The summed E-state index contributed by atoms with van der Waals surface area (Å²) >= 11 is 0. The molecule has 0 bridgehead atoms. The number of carboxylic acids is 2. The van der Waals surface area contributed by atoms with Crippen LogP contribution in [0.1, 0.15) is 18.6 Å². The van der Waals surface area contributed by atoms with E-state index in [0.717, 1.165) is 0 Å². The van der Waals surface area contributed by atoms with Crippen LogP contribution < -0.4 is 5.32 Å². The Morgan fingerprint density at radius 1 is 1.44 bits per heavy atom. The Bertz CT molecular complexity index is 346. The maximum Gasteiger partial charge on any atom is 0.320 e. The molecule has 1 aromatic rings. The van der Waals surface area contributed by atoms with Crippen molar-refractivity contribution >= 4 is 11.9 Å². The van der Waals surface area contributed by atoms with Crippen LogP contribution in [0, 0.1) is 0 Å². The van der Waals surface area contributed by atoms with E-state index < -0.39 is 18.0 Å². The van der Waals surface area contributed by atoms with Crippen LogP contribution in [0.15, 0.2) is 22.8 Å². The first-order valence-corrected chi connectivity index (χ1v) is 4.80. The van der Waals surface area contributed by atoms with Crippen molar-refractivity contribution in [3.05, 3.63) is 24.2 Å². The van der Waals surface area contributed by atoms with Crippen LogP contribution in [0.3, 0.4) is 0 Å². The van der Waals surface area contributed by atoms with E-state index in [1.165, 1.54) is 6.26 Å². The lowest BCUT2D eigenvalue weighted by Crippen LogP contribution is -2.36. The first-order valence-electron chi connectivity index (χ1n) is 4.80. The van der Waals surface area contributed by atoms with Gasteiger partial charge in [0, 0.05) is 6.42 Å². The van der Waals surface area contributed by atoms with Crippen molar-refractivity contribution in [2.75, 3.05) is 0 Å². The van der Waals surface area contributed by atoms with Gasteiger partial charge in [-0.05, 0) is 18.6 Å². The van der Waals surface area contributed by atoms with Gasteiger partial charge in [0.2, 0.25) is 0 Å². The number of aliphatic carboxylic acids is 2. The Labute approximate surface area is 91.9 Å². The number of carbonyl (C=O) groups is 2. The largest absolute Gasteiger partial charge is 0.481 e. The molecule has 1 heterocycles. The normalized spacial score (nSPS) is 12.2. The second-order valence-electron chi connectivity index (χ2n) is 3.28. The maximum atomic E-state index is 10.8. The molecule has 1 atom stereocenters. The molecule has 6 heteroatoms. The van der Waals surface area contributed by atoms with Crippen molar-refractivity contribution in [3.8, 4) is 0 Å². The lowest BCUT2D eigenvalue weighted by atomic mass is 10.1. The highest BCUT2D eigenvalue weighted by Crippen LogP contribution is 2.03. The Balaban J connectivity index is 2.39. The molecule has 0 saturated heterocycles. The minimum absolute atomic E-state index is 0.0470. The third-order valence-electron chi connectivity index (χ3n) is 2.05. The fourth-order valence-corrected chi connectivity index (χ4v) is 1.22. The number of furan rings is 1. The summed E-state index contributed by atoms with van der Waals surface area (Å²) in [6, 6.07) is 2.54. The summed E-state index contributed by atoms with van der Waals surface area (Å²) in [6.45, 7) is 0.267. The lowest BCUT2D eigenvalue weighted by molar-refractivity contribution is -0.140. The Hall–Kier alpha value is -1.82. The third-order valence-corrected chi connectivity index (χ3v) is 2.05. The van der Waals surface area contributed by atoms with Crippen molar-refractivity contribution in [1.29, 1.82) is 0 Å². The van der Waals surface area contributed by atoms with Gasteiger partial charge in [-0.25, -0.2) is 0 Å². The molecule has 88 valence electrons. The quantitative estimate of drug-likeness (QED) is 0.633. The maximum absolute atomic E-state index is 10.8. The summed E-state index contributed by atoms with van der Waals surface area (Å²) in [5.41, 5.74) is 0. The summed E-state index contributed by atoms with van der Waals surface area (Å²) in [5, 5.41) is 20.0. The fraction of sp³-hybridized carbons (Fsp3) is 0.400. The summed E-state index contributed by atoms with van der Waals surface area (Å²) in [4.78, 5) is 21.1. The molecule has 0 saturated carbocycles. The zero-order chi connectivity index (χ0) is 12.0. The molecule has 1 aromatic heterocycles. The van der Waals surface area contributed by atoms with Crippen LogP contribution in [0.2, 0.25) is 0 Å². The van der Waals surface area contributed by atoms with Crippen LogP contribution in [0.4, 0.5) is 0 Å². The smallest absolute Gasteiger partial charge is 0.320 e. The molecule has 0 aliphatic rings. The van der Waals surface area contributed by atoms with Crippen molar-refractivity contribution in [3.63, 3.8) is 0 Å². The van der Waals surface area contributed by atoms with Gasteiger partial charge in [-0.3, -0.25) is 14.9 Å². The predicted molar refractivity (Wildman–Crippen MR) is 53.8 cm³/mol. The Morgan fingerprint density at radius 2 is 2.19 bits per heavy atom. The van der Waals surface area contributed by atoms with Crippen molar-refractivity contribution in [2.24, 2.45) is 0 Å². The molecule has 0 radical (unpaired) electrons. The predicted octanol–water partition coefficient (Wildman–Crippen LogP) is 0.687. The average Bonchev–Trinajstić information content (AvgIpc) is 2.69. The second-order valence-corrected chi connectivity index (χ2v) is 3.28. The molecule has 0 spiro atoms. The molecule has 0 fully saturated rings. The lowest BCUT2D eigenvalue weighted by Gasteiger charge is -2.11. The van der Waals surface area contributed by atoms with Gasteiger partial charge in [-0.2, -0.15) is 0 Å². The molecule has 0 aliphatic heterocycles. The molecule has 0 amide bonds. The summed E-state index contributed by atoms with van der Waals surface area (Å²) in [5.74, 6) is -1.46. The van der Waals surface area contributed by atoms with E-state index in [1.54, 1.807) is 12.1 Å². The van der Waals surface area contributed by atoms with Gasteiger partial charge in [0.05, 0.1) is 12.8 Å². The first kappa shape index (κ1) is 12.3. The minimum Gasteiger partial charge on any atom is -0.481 e. The zero-order valence-corrected chi connectivity index (χ0v) is 8.55. The third kappa shape index (κ3) is 4.14. The summed E-state index contributed by atoms with van der Waals surface area (Å²) in [7, 11) is 0. The van der Waals surface area contributed by atoms with Crippen molar-refractivity contribution < 1.29 is 24.2 Å². The van der Waals surface area contributed by atoms with Gasteiger partial charge in [0.1, 0.15) is 11.8 Å². The van der Waals surface area contributed by atoms with Gasteiger partial charge in [-0.15, -0.1) is 0 Å². The zero-order valence-electron chi connectivity index (χ0n) is 8.55. The van der Waals surface area contributed by atoms with Crippen LogP contribution >= 0.6 is 0 Å². The Kier molecular flexibility index (Phi) is 4.53. The molecule has 0 unspecified atom stereocenters. The molecule has 3 N–H and O–H groups in total. The highest BCUT2D eigenvalue weighted by molar-refractivity contribution is 5.75. The number of rotatable bonds is 7. The van der Waals surface area contributed by atoms with Crippen LogP contribution in [0.25, 0.3) is 0 Å². The molecular weight excluding hydrogens is 214 g/mol. The molecule has 0 aromatic carbocycles. The van der Waals surface area contributed by atoms with E-state index in [0.29, 0.717) is 5.76 Å². The van der Waals surface area contributed by atoms with Crippen LogP contribution in [-0.2, 0) is 16.1 Å². The molecule has 0 aliphatic carbocycles. The van der Waals surface area contributed by atoms with E-state index in [-0.39, 0.29) is 19.4 Å². The highest BCUT2D eigenvalue weighted by atomic mass is 16.4. The van der Waals surface area contributed by atoms with Crippen LogP contribution in [0.5, 0.6) is 0 Å². The summed E-state index contributed by atoms with van der Waals surface area (Å²) < 4.78 is 5.02. The van der Waals surface area contributed by atoms with Gasteiger partial charge in [0.15, 0.2) is 0 Å². The van der Waals surface area contributed by atoms with Crippen molar-refractivity contribution in [1.82, 2.24) is 5.32 Å². The van der Waals surface area contributed by atoms with Gasteiger partial charge in [0.25, 0.3) is 0 Å². The van der Waals surface area contributed by atoms with Gasteiger partial charge >= 0.3 is 11.9 Å². The molecular formula is C10H13NO5. The minimum atomic E-state index is -1.06. The van der Waals surface area contributed by atoms with Gasteiger partial charge in [-0.1, -0.05) is 0 Å². The number of nitrogens with one attached hydrogen (secondary N) is 1. The molecule has 16 heavy (non-hydrogen) atoms. The highest BCUT2D eigenvalue weighted by Gasteiger charge is 2.18. The van der Waals surface area contributed by atoms with Crippen LogP contribution in [-0.4, -0.2) is 28.2 Å². The topological polar surface area (TPSA) is 99.8 Å². The first-order chi connectivity index (χ1) is 7.59. The van der Waals surface area contributed by atoms with Crippen molar-refractivity contribution in [2.45, 2.75) is 25.4 Å². The number of hydrogen-bond donors (Lipinski definition) is 3. The summed E-state index contributed by atoms with van der Waals surface area (Å²) in [6.07, 6.45) is 1.36. The monoisotopic (exact) mass is 227 g/mol. The van der Waals surface area contributed by atoms with E-state index in [4.69, 9.17) is 14.6 Å². The molecule has 1 rings (SSSR count). The van der Waals surface area contributed by atoms with E-state index in [9.17, 15) is 9.59 Å². The fourth-order valence-electron chi connectivity index (χ4n) is 1.22. The van der Waals surface area contributed by atoms with Gasteiger partial charge < -0.3 is 14.6 Å². The number of hydrogen-bond acceptors (Lipinski definition) is 4. The van der Waals surface area contributed by atoms with E-state index in [1.807, 2.05) is 0 Å². The van der Waals surface area contributed by atoms with E-state index >= 15 is 0 Å².